The first-order valence-corrected chi connectivity index (χ1v) is 13.3. The Morgan fingerprint density at radius 1 is 1.09 bits per heavy atom. The molecule has 1 N–H and O–H groups in total. The van der Waals surface area contributed by atoms with E-state index in [0.717, 1.165) is 15.6 Å². The number of hydrogen-bond acceptors (Lipinski definition) is 6. The molecule has 0 bridgehead atoms. The number of amides is 1. The molecule has 0 unspecified atom stereocenters. The van der Waals surface area contributed by atoms with Crippen LogP contribution in [0.5, 0.6) is 0 Å². The van der Waals surface area contributed by atoms with Crippen molar-refractivity contribution in [2.24, 2.45) is 5.92 Å². The second kappa shape index (κ2) is 9.23. The highest BCUT2D eigenvalue weighted by molar-refractivity contribution is 7.10. The lowest BCUT2D eigenvalue weighted by Crippen LogP contribution is -2.54. The molecule has 0 saturated carbocycles. The van der Waals surface area contributed by atoms with Crippen LogP contribution in [0.4, 0.5) is 0 Å². The minimum atomic E-state index is -1.35. The monoisotopic (exact) mass is 497 g/mol. The number of likely N-dealkylation sites (tertiary alicyclic amines) is 1. The summed E-state index contributed by atoms with van der Waals surface area (Å²) in [4.78, 5) is 37.8. The highest BCUT2D eigenvalue weighted by Gasteiger charge is 2.60. The van der Waals surface area contributed by atoms with Crippen LogP contribution in [0.3, 0.4) is 0 Å². The summed E-state index contributed by atoms with van der Waals surface area (Å²) in [5, 5.41) is 16.0. The maximum Gasteiger partial charge on any atom is 0.329 e. The van der Waals surface area contributed by atoms with Gasteiger partial charge < -0.3 is 10.0 Å². The number of aliphatic carboxylic acids is 1. The van der Waals surface area contributed by atoms with Crippen molar-refractivity contribution in [1.82, 2.24) is 14.9 Å². The average molecular weight is 498 g/mol. The first-order valence-electron chi connectivity index (χ1n) is 11.5. The molecule has 3 atom stereocenters. The third-order valence-electron chi connectivity index (χ3n) is 6.51. The lowest BCUT2D eigenvalue weighted by atomic mass is 9.83. The molecule has 4 rings (SSSR count). The zero-order valence-electron chi connectivity index (χ0n) is 20.2. The maximum absolute atomic E-state index is 14.2. The zero-order chi connectivity index (χ0) is 24.7. The van der Waals surface area contributed by atoms with Crippen molar-refractivity contribution in [3.8, 4) is 0 Å². The Morgan fingerprint density at radius 3 is 2.15 bits per heavy atom. The molecule has 1 aliphatic rings. The third kappa shape index (κ3) is 4.41. The molecule has 180 valence electrons. The van der Waals surface area contributed by atoms with E-state index < -0.39 is 17.6 Å². The van der Waals surface area contributed by atoms with Crippen LogP contribution < -0.4 is 0 Å². The highest BCUT2D eigenvalue weighted by Crippen LogP contribution is 2.55. The lowest BCUT2D eigenvalue weighted by molar-refractivity contribution is -0.150. The van der Waals surface area contributed by atoms with Gasteiger partial charge in [-0.1, -0.05) is 46.8 Å². The van der Waals surface area contributed by atoms with E-state index in [2.05, 4.69) is 30.7 Å². The molecule has 2 aromatic heterocycles. The molecule has 1 fully saturated rings. The number of nitrogens with zero attached hydrogens (tertiary/aromatic N) is 3. The quantitative estimate of drug-likeness (QED) is 0.442. The average Bonchev–Trinajstić information content (AvgIpc) is 3.52. The molecule has 34 heavy (non-hydrogen) atoms. The van der Waals surface area contributed by atoms with Gasteiger partial charge in [0, 0.05) is 34.6 Å². The second-order valence-corrected chi connectivity index (χ2v) is 12.3. The SMILES string of the molecule is CC(C)C[C@@]1(C(=O)O)C[C@H](c2nccs2)[C@H](c2nccs2)N1C(=O)c1ccc(C(C)(C)C)cc1. The molecule has 1 aromatic carbocycles. The number of carboxylic acid groups (broad SMARTS) is 1. The molecule has 8 heteroatoms. The van der Waals surface area contributed by atoms with Gasteiger partial charge in [0.1, 0.15) is 10.5 Å². The van der Waals surface area contributed by atoms with Crippen molar-refractivity contribution in [1.29, 1.82) is 0 Å². The Balaban J connectivity index is 1.88. The summed E-state index contributed by atoms with van der Waals surface area (Å²) in [6.07, 6.45) is 4.12. The fourth-order valence-corrected chi connectivity index (χ4v) is 6.59. The van der Waals surface area contributed by atoms with Crippen LogP contribution in [-0.2, 0) is 10.2 Å². The number of aromatic nitrogens is 2. The van der Waals surface area contributed by atoms with Crippen molar-refractivity contribution >= 4 is 34.6 Å². The fourth-order valence-electron chi connectivity index (χ4n) is 5.03. The van der Waals surface area contributed by atoms with Crippen molar-refractivity contribution in [3.63, 3.8) is 0 Å². The van der Waals surface area contributed by atoms with Gasteiger partial charge in [-0.3, -0.25) is 4.79 Å². The van der Waals surface area contributed by atoms with Gasteiger partial charge in [-0.2, -0.15) is 0 Å². The number of rotatable bonds is 6. The molecular weight excluding hydrogens is 466 g/mol. The van der Waals surface area contributed by atoms with E-state index in [-0.39, 0.29) is 23.2 Å². The van der Waals surface area contributed by atoms with Gasteiger partial charge in [-0.05, 0) is 41.9 Å². The Bertz CT molecular complexity index is 1140. The molecule has 3 aromatic rings. The van der Waals surface area contributed by atoms with Gasteiger partial charge in [0.2, 0.25) is 0 Å². The van der Waals surface area contributed by atoms with Gasteiger partial charge in [0.25, 0.3) is 5.91 Å². The van der Waals surface area contributed by atoms with E-state index in [0.29, 0.717) is 18.4 Å². The van der Waals surface area contributed by atoms with E-state index in [4.69, 9.17) is 0 Å². The standard InChI is InChI=1S/C26H31N3O3S2/c1-16(2)14-26(24(31)32)15-19(21-27-10-12-33-21)20(22-28-11-13-34-22)29(26)23(30)17-6-8-18(9-7-17)25(3,4)5/h6-13,16,19-20H,14-15H2,1-5H3,(H,31,32)/t19-,20+,26-/m0/s1. The third-order valence-corrected chi connectivity index (χ3v) is 8.27. The second-order valence-electron chi connectivity index (χ2n) is 10.4. The minimum Gasteiger partial charge on any atom is -0.479 e. The van der Waals surface area contributed by atoms with Gasteiger partial charge >= 0.3 is 5.97 Å². The first kappa shape index (κ1) is 24.5. The first-order chi connectivity index (χ1) is 16.0. The lowest BCUT2D eigenvalue weighted by Gasteiger charge is -2.38. The molecule has 1 amide bonds. The van der Waals surface area contributed by atoms with Crippen LogP contribution in [0.15, 0.2) is 47.4 Å². The summed E-state index contributed by atoms with van der Waals surface area (Å²) < 4.78 is 0. The fraction of sp³-hybridized carbons (Fsp3) is 0.462. The molecule has 0 radical (unpaired) electrons. The van der Waals surface area contributed by atoms with Crippen molar-refractivity contribution < 1.29 is 14.7 Å². The number of carboxylic acids is 1. The number of benzene rings is 1. The zero-order valence-corrected chi connectivity index (χ0v) is 21.8. The van der Waals surface area contributed by atoms with Crippen LogP contribution in [0, 0.1) is 5.92 Å². The Kier molecular flexibility index (Phi) is 6.66. The largest absolute Gasteiger partial charge is 0.479 e. The van der Waals surface area contributed by atoms with E-state index >= 15 is 0 Å². The van der Waals surface area contributed by atoms with E-state index in [1.807, 2.05) is 48.9 Å². The summed E-state index contributed by atoms with van der Waals surface area (Å²) >= 11 is 2.96. The molecule has 1 saturated heterocycles. The summed E-state index contributed by atoms with van der Waals surface area (Å²) in [5.74, 6) is -1.40. The molecule has 6 nitrogen and oxygen atoms in total. The number of thiazole rings is 2. The molecule has 1 aliphatic heterocycles. The van der Waals surface area contributed by atoms with Gasteiger partial charge in [-0.15, -0.1) is 22.7 Å². The van der Waals surface area contributed by atoms with E-state index in [9.17, 15) is 14.7 Å². The summed E-state index contributed by atoms with van der Waals surface area (Å²) in [7, 11) is 0. The predicted octanol–water partition coefficient (Wildman–Crippen LogP) is 6.14. The molecule has 0 spiro atoms. The maximum atomic E-state index is 14.2. The van der Waals surface area contributed by atoms with Crippen LogP contribution in [-0.4, -0.2) is 37.4 Å². The van der Waals surface area contributed by atoms with Crippen LogP contribution in [0.2, 0.25) is 0 Å². The summed E-state index contributed by atoms with van der Waals surface area (Å²) in [6, 6.07) is 7.08. The Labute approximate surface area is 208 Å². The molecular formula is C26H31N3O3S2. The Morgan fingerprint density at radius 2 is 1.68 bits per heavy atom. The number of carbonyl (C=O) groups is 2. The van der Waals surface area contributed by atoms with Crippen molar-refractivity contribution in [2.75, 3.05) is 0 Å². The van der Waals surface area contributed by atoms with E-state index in [1.54, 1.807) is 17.3 Å². The van der Waals surface area contributed by atoms with Gasteiger partial charge in [0.15, 0.2) is 0 Å². The smallest absolute Gasteiger partial charge is 0.329 e. The number of carbonyl (C=O) groups excluding carboxylic acids is 1. The molecule has 3 heterocycles. The van der Waals surface area contributed by atoms with Gasteiger partial charge in [0.05, 0.1) is 11.0 Å². The normalized spacial score (nSPS) is 22.9. The highest BCUT2D eigenvalue weighted by atomic mass is 32.1. The minimum absolute atomic E-state index is 0.0446. The van der Waals surface area contributed by atoms with Crippen LogP contribution >= 0.6 is 22.7 Å². The van der Waals surface area contributed by atoms with Crippen molar-refractivity contribution in [2.45, 2.75) is 70.4 Å². The topological polar surface area (TPSA) is 83.4 Å². The molecule has 0 aliphatic carbocycles. The van der Waals surface area contributed by atoms with Crippen molar-refractivity contribution in [3.05, 3.63) is 68.6 Å². The van der Waals surface area contributed by atoms with Crippen LogP contribution in [0.25, 0.3) is 0 Å². The Hall–Kier alpha value is -2.58. The summed E-state index contributed by atoms with van der Waals surface area (Å²) in [5.41, 5.74) is 0.218. The predicted molar refractivity (Wildman–Crippen MR) is 135 cm³/mol. The van der Waals surface area contributed by atoms with Gasteiger partial charge in [-0.25, -0.2) is 14.8 Å². The summed E-state index contributed by atoms with van der Waals surface area (Å²) in [6.45, 7) is 10.4. The van der Waals surface area contributed by atoms with E-state index in [1.165, 1.54) is 22.7 Å². The van der Waals surface area contributed by atoms with Crippen LogP contribution in [0.1, 0.15) is 85.4 Å². The number of hydrogen-bond donors (Lipinski definition) is 1.